The molecule has 1 saturated heterocycles. The van der Waals surface area contributed by atoms with Crippen LogP contribution in [0.2, 0.25) is 0 Å². The number of rotatable bonds is 4. The van der Waals surface area contributed by atoms with E-state index in [0.717, 1.165) is 41.3 Å². The lowest BCUT2D eigenvalue weighted by atomic mass is 10.0. The van der Waals surface area contributed by atoms with Crippen LogP contribution in [-0.4, -0.2) is 36.5 Å². The van der Waals surface area contributed by atoms with Gasteiger partial charge in [-0.15, -0.1) is 5.10 Å². The Labute approximate surface area is 177 Å². The zero-order valence-corrected chi connectivity index (χ0v) is 17.1. The van der Waals surface area contributed by atoms with Gasteiger partial charge >= 0.3 is 6.18 Å². The Morgan fingerprint density at radius 3 is 2.52 bits per heavy atom. The summed E-state index contributed by atoms with van der Waals surface area (Å²) in [6, 6.07) is 8.45. The smallest absolute Gasteiger partial charge is 0.378 e. The highest BCUT2D eigenvalue weighted by Crippen LogP contribution is 2.35. The van der Waals surface area contributed by atoms with Gasteiger partial charge in [-0.05, 0) is 32.0 Å². The number of aryl methyl sites for hydroxylation is 1. The molecule has 0 amide bonds. The highest BCUT2D eigenvalue weighted by molar-refractivity contribution is 5.95. The Bertz CT molecular complexity index is 1100. The van der Waals surface area contributed by atoms with E-state index in [1.54, 1.807) is 6.92 Å². The SMILES string of the molecule is Cc1nnc(N[C@H](C)c2cccc(C(F)(F)F)c2F)c2cc(N3CCOCC3)ccc12. The fourth-order valence-corrected chi connectivity index (χ4v) is 3.79. The second-order valence-corrected chi connectivity index (χ2v) is 7.54. The van der Waals surface area contributed by atoms with Gasteiger partial charge in [0.2, 0.25) is 0 Å². The summed E-state index contributed by atoms with van der Waals surface area (Å²) in [5, 5.41) is 13.1. The maximum Gasteiger partial charge on any atom is 0.419 e. The number of alkyl halides is 3. The minimum absolute atomic E-state index is 0.0883. The molecule has 3 aromatic rings. The lowest BCUT2D eigenvalue weighted by Crippen LogP contribution is -2.36. The number of fused-ring (bicyclic) bond motifs is 1. The molecule has 1 atom stereocenters. The van der Waals surface area contributed by atoms with Gasteiger partial charge in [0.05, 0.1) is 30.5 Å². The highest BCUT2D eigenvalue weighted by Gasteiger charge is 2.35. The zero-order valence-electron chi connectivity index (χ0n) is 17.1. The predicted molar refractivity (Wildman–Crippen MR) is 111 cm³/mol. The molecule has 2 aromatic carbocycles. The van der Waals surface area contributed by atoms with E-state index >= 15 is 0 Å². The normalized spacial score (nSPS) is 15.9. The molecule has 1 N–H and O–H groups in total. The van der Waals surface area contributed by atoms with Gasteiger partial charge in [0.25, 0.3) is 0 Å². The fraction of sp³-hybridized carbons (Fsp3) is 0.364. The number of hydrogen-bond donors (Lipinski definition) is 1. The van der Waals surface area contributed by atoms with Crippen molar-refractivity contribution in [1.82, 2.24) is 10.2 Å². The van der Waals surface area contributed by atoms with E-state index in [1.807, 2.05) is 25.1 Å². The van der Waals surface area contributed by atoms with Crippen LogP contribution < -0.4 is 10.2 Å². The molecule has 1 aromatic heterocycles. The summed E-state index contributed by atoms with van der Waals surface area (Å²) >= 11 is 0. The van der Waals surface area contributed by atoms with Gasteiger partial charge in [-0.1, -0.05) is 18.2 Å². The largest absolute Gasteiger partial charge is 0.419 e. The minimum Gasteiger partial charge on any atom is -0.378 e. The molecule has 0 bridgehead atoms. The summed E-state index contributed by atoms with van der Waals surface area (Å²) < 4.78 is 59.3. The second-order valence-electron chi connectivity index (χ2n) is 7.54. The van der Waals surface area contributed by atoms with Crippen LogP contribution >= 0.6 is 0 Å². The van der Waals surface area contributed by atoms with Crippen LogP contribution in [0.15, 0.2) is 36.4 Å². The average molecular weight is 434 g/mol. The number of nitrogens with zero attached hydrogens (tertiary/aromatic N) is 3. The van der Waals surface area contributed by atoms with Crippen LogP contribution in [0.4, 0.5) is 29.1 Å². The van der Waals surface area contributed by atoms with Crippen LogP contribution in [0, 0.1) is 12.7 Å². The summed E-state index contributed by atoms with van der Waals surface area (Å²) in [7, 11) is 0. The van der Waals surface area contributed by atoms with Crippen molar-refractivity contribution in [3.05, 3.63) is 59.0 Å². The third-order valence-electron chi connectivity index (χ3n) is 5.48. The topological polar surface area (TPSA) is 50.3 Å². The number of nitrogens with one attached hydrogen (secondary N) is 1. The molecule has 4 rings (SSSR count). The van der Waals surface area contributed by atoms with E-state index in [0.29, 0.717) is 19.0 Å². The van der Waals surface area contributed by atoms with E-state index in [-0.39, 0.29) is 5.56 Å². The van der Waals surface area contributed by atoms with Crippen molar-refractivity contribution in [3.63, 3.8) is 0 Å². The molecule has 0 spiro atoms. The lowest BCUT2D eigenvalue weighted by Gasteiger charge is -2.29. The summed E-state index contributed by atoms with van der Waals surface area (Å²) in [5.74, 6) is -0.895. The Morgan fingerprint density at radius 1 is 1.06 bits per heavy atom. The number of ether oxygens (including phenoxy) is 1. The maximum absolute atomic E-state index is 14.6. The molecule has 1 fully saturated rings. The van der Waals surface area contributed by atoms with Gasteiger partial charge < -0.3 is 15.0 Å². The number of benzene rings is 2. The first-order valence-corrected chi connectivity index (χ1v) is 9.97. The Hall–Kier alpha value is -2.94. The van der Waals surface area contributed by atoms with Crippen LogP contribution in [0.25, 0.3) is 10.8 Å². The van der Waals surface area contributed by atoms with Crippen molar-refractivity contribution >= 4 is 22.3 Å². The summed E-state index contributed by atoms with van der Waals surface area (Å²) in [6.07, 6.45) is -4.76. The van der Waals surface area contributed by atoms with Crippen LogP contribution in [0.1, 0.15) is 29.8 Å². The number of aromatic nitrogens is 2. The second kappa shape index (κ2) is 8.30. The number of hydrogen-bond acceptors (Lipinski definition) is 5. The summed E-state index contributed by atoms with van der Waals surface area (Å²) in [6.45, 7) is 6.24. The first-order valence-electron chi connectivity index (χ1n) is 9.97. The molecule has 9 heteroatoms. The molecule has 1 aliphatic heterocycles. The molecule has 2 heterocycles. The third kappa shape index (κ3) is 4.27. The molecular formula is C22H22F4N4O. The molecule has 0 radical (unpaired) electrons. The predicted octanol–water partition coefficient (Wildman–Crippen LogP) is 5.11. The van der Waals surface area contributed by atoms with E-state index in [4.69, 9.17) is 4.74 Å². The average Bonchev–Trinajstić information content (AvgIpc) is 2.75. The van der Waals surface area contributed by atoms with Crippen molar-refractivity contribution in [3.8, 4) is 0 Å². The monoisotopic (exact) mass is 434 g/mol. The third-order valence-corrected chi connectivity index (χ3v) is 5.48. The number of anilines is 2. The van der Waals surface area contributed by atoms with E-state index < -0.39 is 23.6 Å². The number of morpholine rings is 1. The standard InChI is InChI=1S/C22H22F4N4O/c1-13(17-4-3-5-19(20(17)23)22(24,25)26)27-21-18-12-15(30-8-10-31-11-9-30)6-7-16(18)14(2)28-29-21/h3-7,12-13H,8-11H2,1-2H3,(H,27,29)/t13-/m1/s1. The molecule has 1 aliphatic rings. The van der Waals surface area contributed by atoms with Gasteiger partial charge in [-0.2, -0.15) is 18.3 Å². The van der Waals surface area contributed by atoms with Crippen molar-refractivity contribution in [2.75, 3.05) is 36.5 Å². The maximum atomic E-state index is 14.6. The van der Waals surface area contributed by atoms with Gasteiger partial charge in [0.15, 0.2) is 5.82 Å². The minimum atomic E-state index is -4.76. The molecule has 5 nitrogen and oxygen atoms in total. The van der Waals surface area contributed by atoms with Crippen molar-refractivity contribution in [1.29, 1.82) is 0 Å². The van der Waals surface area contributed by atoms with E-state index in [9.17, 15) is 17.6 Å². The van der Waals surface area contributed by atoms with Crippen molar-refractivity contribution in [2.24, 2.45) is 0 Å². The van der Waals surface area contributed by atoms with Gasteiger partial charge in [0, 0.05) is 35.1 Å². The Balaban J connectivity index is 1.70. The summed E-state index contributed by atoms with van der Waals surface area (Å²) in [4.78, 5) is 2.19. The van der Waals surface area contributed by atoms with Crippen LogP contribution in [0.3, 0.4) is 0 Å². The molecule has 0 saturated carbocycles. The van der Waals surface area contributed by atoms with Gasteiger partial charge in [-0.3, -0.25) is 0 Å². The Kier molecular flexibility index (Phi) is 5.70. The van der Waals surface area contributed by atoms with Crippen molar-refractivity contribution in [2.45, 2.75) is 26.1 Å². The zero-order chi connectivity index (χ0) is 22.2. The van der Waals surface area contributed by atoms with E-state index in [1.165, 1.54) is 12.1 Å². The van der Waals surface area contributed by atoms with Crippen LogP contribution in [-0.2, 0) is 10.9 Å². The van der Waals surface area contributed by atoms with Crippen LogP contribution in [0.5, 0.6) is 0 Å². The molecular weight excluding hydrogens is 412 g/mol. The van der Waals surface area contributed by atoms with E-state index in [2.05, 4.69) is 20.4 Å². The quantitative estimate of drug-likeness (QED) is 0.579. The number of halogens is 4. The summed E-state index contributed by atoms with van der Waals surface area (Å²) in [5.41, 5.74) is 0.346. The molecule has 0 aliphatic carbocycles. The van der Waals surface area contributed by atoms with Crippen molar-refractivity contribution < 1.29 is 22.3 Å². The first kappa shape index (κ1) is 21.3. The highest BCUT2D eigenvalue weighted by atomic mass is 19.4. The molecule has 31 heavy (non-hydrogen) atoms. The first-order chi connectivity index (χ1) is 14.8. The molecule has 0 unspecified atom stereocenters. The van der Waals surface area contributed by atoms with Gasteiger partial charge in [-0.25, -0.2) is 4.39 Å². The van der Waals surface area contributed by atoms with Gasteiger partial charge in [0.1, 0.15) is 5.82 Å². The Morgan fingerprint density at radius 2 is 1.81 bits per heavy atom. The lowest BCUT2D eigenvalue weighted by molar-refractivity contribution is -0.140. The molecule has 164 valence electrons. The fourth-order valence-electron chi connectivity index (χ4n) is 3.79.